The van der Waals surface area contributed by atoms with Crippen LogP contribution in [0.1, 0.15) is 35.2 Å². The van der Waals surface area contributed by atoms with E-state index < -0.39 is 6.09 Å². The van der Waals surface area contributed by atoms with Crippen LogP contribution < -0.4 is 10.1 Å². The molecule has 4 rings (SSSR count). The van der Waals surface area contributed by atoms with Crippen LogP contribution in [-0.2, 0) is 6.42 Å². The number of likely N-dealkylation sites (tertiary alicyclic amines) is 1. The van der Waals surface area contributed by atoms with Crippen LogP contribution in [0.2, 0.25) is 0 Å². The van der Waals surface area contributed by atoms with Gasteiger partial charge in [-0.25, -0.2) is 14.8 Å². The molecule has 1 amide bonds. The van der Waals surface area contributed by atoms with Crippen molar-refractivity contribution in [3.05, 3.63) is 41.7 Å². The fraction of sp³-hybridized carbons (Fsp3) is 0.368. The molecule has 0 bridgehead atoms. The van der Waals surface area contributed by atoms with E-state index in [1.165, 1.54) is 11.2 Å². The maximum atomic E-state index is 11.7. The summed E-state index contributed by atoms with van der Waals surface area (Å²) in [7, 11) is 0. The molecule has 2 aliphatic rings. The molecule has 0 atom stereocenters. The van der Waals surface area contributed by atoms with Crippen molar-refractivity contribution in [1.29, 1.82) is 0 Å². The van der Waals surface area contributed by atoms with Crippen molar-refractivity contribution >= 4 is 23.4 Å². The average molecular weight is 368 g/mol. The van der Waals surface area contributed by atoms with E-state index in [9.17, 15) is 9.59 Å². The average Bonchev–Trinajstić information content (AvgIpc) is 3.03. The minimum atomic E-state index is -0.891. The maximum absolute atomic E-state index is 11.7. The lowest BCUT2D eigenvalue weighted by atomic mass is 10.1. The van der Waals surface area contributed by atoms with Crippen LogP contribution in [0, 0.1) is 0 Å². The number of piperidine rings is 1. The second-order valence-corrected chi connectivity index (χ2v) is 6.75. The molecule has 1 saturated heterocycles. The quantitative estimate of drug-likeness (QED) is 0.855. The van der Waals surface area contributed by atoms with Crippen LogP contribution in [-0.4, -0.2) is 51.0 Å². The number of amides is 1. The lowest BCUT2D eigenvalue weighted by molar-refractivity contribution is 0.0870. The molecule has 0 unspecified atom stereocenters. The third-order valence-electron chi connectivity index (χ3n) is 4.94. The van der Waals surface area contributed by atoms with Gasteiger partial charge in [-0.1, -0.05) is 0 Å². The molecule has 27 heavy (non-hydrogen) atoms. The van der Waals surface area contributed by atoms with Gasteiger partial charge in [0.05, 0.1) is 0 Å². The first-order valence-corrected chi connectivity index (χ1v) is 8.98. The molecule has 8 heteroatoms. The molecule has 1 aliphatic heterocycles. The predicted molar refractivity (Wildman–Crippen MR) is 97.7 cm³/mol. The molecule has 2 aromatic rings. The van der Waals surface area contributed by atoms with Gasteiger partial charge in [0.1, 0.15) is 18.2 Å². The van der Waals surface area contributed by atoms with Crippen molar-refractivity contribution in [2.45, 2.75) is 31.8 Å². The van der Waals surface area contributed by atoms with Crippen LogP contribution in [0.25, 0.3) is 0 Å². The topological polar surface area (TPSA) is 105 Å². The van der Waals surface area contributed by atoms with Crippen molar-refractivity contribution < 1.29 is 19.4 Å². The summed E-state index contributed by atoms with van der Waals surface area (Å²) in [4.78, 5) is 32.5. The second-order valence-electron chi connectivity index (χ2n) is 6.75. The molecule has 2 N–H and O–H groups in total. The number of carbonyl (C=O) groups excluding carboxylic acids is 1. The first-order valence-electron chi connectivity index (χ1n) is 8.98. The zero-order valence-electron chi connectivity index (χ0n) is 14.7. The van der Waals surface area contributed by atoms with Crippen LogP contribution in [0.15, 0.2) is 30.6 Å². The number of aryl methyl sites for hydroxylation is 1. The van der Waals surface area contributed by atoms with E-state index in [1.807, 2.05) is 18.2 Å². The number of anilines is 2. The third kappa shape index (κ3) is 3.84. The zero-order valence-corrected chi connectivity index (χ0v) is 14.7. The van der Waals surface area contributed by atoms with Crippen molar-refractivity contribution in [1.82, 2.24) is 14.9 Å². The number of benzene rings is 1. The van der Waals surface area contributed by atoms with Crippen molar-refractivity contribution in [3.63, 3.8) is 0 Å². The molecule has 1 aliphatic carbocycles. The lowest BCUT2D eigenvalue weighted by Crippen LogP contribution is -2.41. The fourth-order valence-corrected chi connectivity index (χ4v) is 3.49. The van der Waals surface area contributed by atoms with E-state index >= 15 is 0 Å². The Kier molecular flexibility index (Phi) is 4.62. The number of fused-ring (bicyclic) bond motifs is 1. The summed E-state index contributed by atoms with van der Waals surface area (Å²) >= 11 is 0. The number of carbonyl (C=O) groups is 2. The smallest absolute Gasteiger partial charge is 0.407 e. The molecule has 1 fully saturated rings. The number of aromatic nitrogens is 2. The third-order valence-corrected chi connectivity index (χ3v) is 4.94. The van der Waals surface area contributed by atoms with Gasteiger partial charge in [0.25, 0.3) is 0 Å². The van der Waals surface area contributed by atoms with Gasteiger partial charge in [0.15, 0.2) is 5.78 Å². The molecule has 2 heterocycles. The van der Waals surface area contributed by atoms with Crippen LogP contribution >= 0.6 is 0 Å². The SMILES string of the molecule is O=C1CCc2cc(Nc3cc(OC4CCN(C(=O)O)CC4)ncn3)ccc21. The monoisotopic (exact) mass is 368 g/mol. The maximum Gasteiger partial charge on any atom is 0.407 e. The van der Waals surface area contributed by atoms with Gasteiger partial charge in [-0.15, -0.1) is 0 Å². The first kappa shape index (κ1) is 17.3. The largest absolute Gasteiger partial charge is 0.474 e. The highest BCUT2D eigenvalue weighted by atomic mass is 16.5. The molecule has 8 nitrogen and oxygen atoms in total. The highest BCUT2D eigenvalue weighted by Gasteiger charge is 2.24. The van der Waals surface area contributed by atoms with E-state index in [-0.39, 0.29) is 11.9 Å². The normalized spacial score (nSPS) is 16.9. The van der Waals surface area contributed by atoms with Crippen molar-refractivity contribution in [2.24, 2.45) is 0 Å². The molecule has 140 valence electrons. The van der Waals surface area contributed by atoms with Gasteiger partial charge in [-0.2, -0.15) is 0 Å². The Balaban J connectivity index is 1.40. The van der Waals surface area contributed by atoms with E-state index in [2.05, 4.69) is 15.3 Å². The summed E-state index contributed by atoms with van der Waals surface area (Å²) in [6, 6.07) is 7.42. The fourth-order valence-electron chi connectivity index (χ4n) is 3.49. The number of hydrogen-bond acceptors (Lipinski definition) is 6. The van der Waals surface area contributed by atoms with Crippen LogP contribution in [0.4, 0.5) is 16.3 Å². The van der Waals surface area contributed by atoms with E-state index in [4.69, 9.17) is 9.84 Å². The number of Topliss-reactive ketones (excluding diaryl/α,β-unsaturated/α-hetero) is 1. The summed E-state index contributed by atoms with van der Waals surface area (Å²) in [6.07, 6.45) is 3.10. The zero-order chi connectivity index (χ0) is 18.8. The van der Waals surface area contributed by atoms with Crippen LogP contribution in [0.3, 0.4) is 0 Å². The summed E-state index contributed by atoms with van der Waals surface area (Å²) < 4.78 is 5.89. The number of nitrogens with one attached hydrogen (secondary N) is 1. The molecule has 1 aromatic heterocycles. The molecule has 0 spiro atoms. The summed E-state index contributed by atoms with van der Waals surface area (Å²) in [5.74, 6) is 1.26. The van der Waals surface area contributed by atoms with Crippen molar-refractivity contribution in [2.75, 3.05) is 18.4 Å². The standard InChI is InChI=1S/C19H20N4O4/c24-16-4-1-12-9-13(2-3-15(12)16)22-17-10-18(21-11-20-17)27-14-5-7-23(8-6-14)19(25)26/h2-3,9-11,14H,1,4-8H2,(H,25,26)(H,20,21,22). The number of ether oxygens (including phenoxy) is 1. The molecular weight excluding hydrogens is 348 g/mol. The number of ketones is 1. The Morgan fingerprint density at radius 1 is 1.19 bits per heavy atom. The van der Waals surface area contributed by atoms with Gasteiger partial charge in [0, 0.05) is 49.7 Å². The summed E-state index contributed by atoms with van der Waals surface area (Å²) in [5.41, 5.74) is 2.73. The minimum absolute atomic E-state index is 0.0608. The second kappa shape index (κ2) is 7.22. The summed E-state index contributed by atoms with van der Waals surface area (Å²) in [5, 5.41) is 12.2. The van der Waals surface area contributed by atoms with Gasteiger partial charge in [-0.05, 0) is 30.2 Å². The van der Waals surface area contributed by atoms with Gasteiger partial charge < -0.3 is 20.1 Å². The number of nitrogens with zero attached hydrogens (tertiary/aromatic N) is 3. The number of carboxylic acid groups (broad SMARTS) is 1. The Morgan fingerprint density at radius 3 is 2.78 bits per heavy atom. The first-order chi connectivity index (χ1) is 13.1. The van der Waals surface area contributed by atoms with Crippen LogP contribution in [0.5, 0.6) is 5.88 Å². The molecule has 0 radical (unpaired) electrons. The molecule has 0 saturated carbocycles. The lowest BCUT2D eigenvalue weighted by Gasteiger charge is -2.29. The van der Waals surface area contributed by atoms with Gasteiger partial charge >= 0.3 is 6.09 Å². The highest BCUT2D eigenvalue weighted by Crippen LogP contribution is 2.27. The Morgan fingerprint density at radius 2 is 2.00 bits per heavy atom. The van der Waals surface area contributed by atoms with E-state index in [1.54, 1.807) is 6.07 Å². The van der Waals surface area contributed by atoms with E-state index in [0.29, 0.717) is 44.0 Å². The van der Waals surface area contributed by atoms with Crippen molar-refractivity contribution in [3.8, 4) is 5.88 Å². The minimum Gasteiger partial charge on any atom is -0.474 e. The molecule has 1 aromatic carbocycles. The van der Waals surface area contributed by atoms with E-state index in [0.717, 1.165) is 23.2 Å². The Hall–Kier alpha value is -3.16. The molecular formula is C19H20N4O4. The summed E-state index contributed by atoms with van der Waals surface area (Å²) in [6.45, 7) is 0.925. The number of hydrogen-bond donors (Lipinski definition) is 2. The van der Waals surface area contributed by atoms with Gasteiger partial charge in [0.2, 0.25) is 5.88 Å². The van der Waals surface area contributed by atoms with Gasteiger partial charge in [-0.3, -0.25) is 4.79 Å². The predicted octanol–water partition coefficient (Wildman–Crippen LogP) is 2.87. The number of rotatable bonds is 4. The highest BCUT2D eigenvalue weighted by molar-refractivity contribution is 6.00. The Bertz CT molecular complexity index is 878. The Labute approximate surface area is 156 Å².